The zero-order valence-corrected chi connectivity index (χ0v) is 9.76. The van der Waals surface area contributed by atoms with Crippen molar-refractivity contribution in [1.82, 2.24) is 15.5 Å². The first-order chi connectivity index (χ1) is 8.81. The Labute approximate surface area is 103 Å². The molecule has 94 valence electrons. The lowest BCUT2D eigenvalue weighted by atomic mass is 10.3. The van der Waals surface area contributed by atoms with Crippen molar-refractivity contribution < 1.29 is 13.7 Å². The number of nitrogens with one attached hydrogen (secondary N) is 1. The van der Waals surface area contributed by atoms with Crippen molar-refractivity contribution in [1.29, 1.82) is 0 Å². The quantitative estimate of drug-likeness (QED) is 0.870. The maximum atomic E-state index is 11.5. The first kappa shape index (κ1) is 11.0. The normalized spacial score (nSPS) is 14.7. The van der Waals surface area contributed by atoms with Crippen molar-refractivity contribution in [3.63, 3.8) is 0 Å². The predicted molar refractivity (Wildman–Crippen MR) is 61.2 cm³/mol. The largest absolute Gasteiger partial charge is 0.459 e. The first-order valence-electron chi connectivity index (χ1n) is 5.94. The summed E-state index contributed by atoms with van der Waals surface area (Å²) in [5.74, 6) is 1.92. The molecule has 18 heavy (non-hydrogen) atoms. The number of hydrogen-bond acceptors (Lipinski definition) is 5. The molecule has 0 aromatic carbocycles. The summed E-state index contributed by atoms with van der Waals surface area (Å²) in [6.45, 7) is 0.287. The summed E-state index contributed by atoms with van der Waals surface area (Å²) in [6, 6.07) is 3.49. The van der Waals surface area contributed by atoms with Gasteiger partial charge in [-0.25, -0.2) is 0 Å². The van der Waals surface area contributed by atoms with Crippen molar-refractivity contribution in [2.24, 2.45) is 5.92 Å². The molecule has 2 aromatic heterocycles. The van der Waals surface area contributed by atoms with Crippen molar-refractivity contribution >= 4 is 5.91 Å². The number of hydrogen-bond donors (Lipinski definition) is 1. The van der Waals surface area contributed by atoms with Crippen molar-refractivity contribution in [3.05, 3.63) is 24.2 Å². The zero-order valence-electron chi connectivity index (χ0n) is 9.76. The number of carbonyl (C=O) groups is 1. The summed E-state index contributed by atoms with van der Waals surface area (Å²) < 4.78 is 10.2. The molecule has 0 bridgehead atoms. The highest BCUT2D eigenvalue weighted by Gasteiger charge is 2.24. The molecule has 2 aromatic rings. The van der Waals surface area contributed by atoms with Crippen LogP contribution in [0, 0.1) is 5.92 Å². The van der Waals surface area contributed by atoms with Gasteiger partial charge in [0.1, 0.15) is 0 Å². The molecule has 1 aliphatic carbocycles. The lowest BCUT2D eigenvalue weighted by Gasteiger charge is -1.99. The molecule has 0 radical (unpaired) electrons. The molecule has 1 aliphatic rings. The highest BCUT2D eigenvalue weighted by molar-refractivity contribution is 5.76. The van der Waals surface area contributed by atoms with Crippen molar-refractivity contribution in [2.45, 2.75) is 25.8 Å². The summed E-state index contributed by atoms with van der Waals surface area (Å²) >= 11 is 0. The fourth-order valence-corrected chi connectivity index (χ4v) is 1.66. The maximum absolute atomic E-state index is 11.5. The minimum atomic E-state index is 0.0434. The number of rotatable bonds is 5. The van der Waals surface area contributed by atoms with Gasteiger partial charge in [0.05, 0.1) is 12.8 Å². The Kier molecular flexibility index (Phi) is 2.84. The van der Waals surface area contributed by atoms with E-state index >= 15 is 0 Å². The molecule has 0 spiro atoms. The number of aromatic nitrogens is 2. The molecule has 1 N–H and O–H groups in total. The lowest BCUT2D eigenvalue weighted by Crippen LogP contribution is -2.23. The standard InChI is InChI=1S/C12H13N3O3/c16-11(6-8-3-4-8)13-7-10-14-12(18-15-10)9-2-1-5-17-9/h1-2,5,8H,3-4,6-7H2,(H,13,16). The third kappa shape index (κ3) is 2.58. The number of furan rings is 1. The van der Waals surface area contributed by atoms with Gasteiger partial charge in [0.15, 0.2) is 11.6 Å². The van der Waals surface area contributed by atoms with E-state index in [1.165, 1.54) is 6.26 Å². The van der Waals surface area contributed by atoms with E-state index in [2.05, 4.69) is 15.5 Å². The molecule has 0 aliphatic heterocycles. The molecule has 1 saturated carbocycles. The van der Waals surface area contributed by atoms with Crippen LogP contribution in [-0.2, 0) is 11.3 Å². The first-order valence-corrected chi connectivity index (χ1v) is 5.94. The van der Waals surface area contributed by atoms with Crippen LogP contribution in [0.15, 0.2) is 27.3 Å². The maximum Gasteiger partial charge on any atom is 0.293 e. The molecule has 3 rings (SSSR count). The van der Waals surface area contributed by atoms with Gasteiger partial charge in [0.2, 0.25) is 5.91 Å². The van der Waals surface area contributed by atoms with Crippen LogP contribution in [-0.4, -0.2) is 16.0 Å². The number of amides is 1. The van der Waals surface area contributed by atoms with Crippen LogP contribution in [0.25, 0.3) is 11.7 Å². The van der Waals surface area contributed by atoms with Crippen molar-refractivity contribution in [2.75, 3.05) is 0 Å². The van der Waals surface area contributed by atoms with Crippen LogP contribution in [0.1, 0.15) is 25.1 Å². The summed E-state index contributed by atoms with van der Waals surface area (Å²) in [5.41, 5.74) is 0. The van der Waals surface area contributed by atoms with Gasteiger partial charge < -0.3 is 14.3 Å². The van der Waals surface area contributed by atoms with E-state index in [4.69, 9.17) is 8.94 Å². The van der Waals surface area contributed by atoms with E-state index in [1.807, 2.05) is 0 Å². The second-order valence-electron chi connectivity index (χ2n) is 4.42. The molecule has 0 unspecified atom stereocenters. The highest BCUT2D eigenvalue weighted by atomic mass is 16.5. The predicted octanol–water partition coefficient (Wildman–Crippen LogP) is 1.75. The Morgan fingerprint density at radius 3 is 3.11 bits per heavy atom. The Morgan fingerprint density at radius 1 is 1.50 bits per heavy atom. The molecule has 0 saturated heterocycles. The smallest absolute Gasteiger partial charge is 0.293 e. The van der Waals surface area contributed by atoms with Gasteiger partial charge in [-0.15, -0.1) is 0 Å². The molecule has 1 fully saturated rings. The monoisotopic (exact) mass is 247 g/mol. The third-order valence-electron chi connectivity index (χ3n) is 2.81. The Bertz CT molecular complexity index is 529. The van der Waals surface area contributed by atoms with Gasteiger partial charge in [-0.05, 0) is 30.9 Å². The number of nitrogens with zero attached hydrogens (tertiary/aromatic N) is 2. The Balaban J connectivity index is 1.55. The lowest BCUT2D eigenvalue weighted by molar-refractivity contribution is -0.121. The van der Waals surface area contributed by atoms with Crippen LogP contribution in [0.5, 0.6) is 0 Å². The van der Waals surface area contributed by atoms with Gasteiger partial charge in [-0.3, -0.25) is 4.79 Å². The minimum absolute atomic E-state index is 0.0434. The van der Waals surface area contributed by atoms with Gasteiger partial charge in [0.25, 0.3) is 5.89 Å². The highest BCUT2D eigenvalue weighted by Crippen LogP contribution is 2.32. The third-order valence-corrected chi connectivity index (χ3v) is 2.81. The zero-order chi connectivity index (χ0) is 12.4. The summed E-state index contributed by atoms with van der Waals surface area (Å²) in [5, 5.41) is 6.55. The number of carbonyl (C=O) groups excluding carboxylic acids is 1. The van der Waals surface area contributed by atoms with Crippen LogP contribution in [0.4, 0.5) is 0 Å². The van der Waals surface area contributed by atoms with Gasteiger partial charge >= 0.3 is 0 Å². The molecular weight excluding hydrogens is 234 g/mol. The van der Waals surface area contributed by atoms with E-state index in [9.17, 15) is 4.79 Å². The molecule has 1 amide bonds. The van der Waals surface area contributed by atoms with Gasteiger partial charge in [-0.2, -0.15) is 4.98 Å². The second kappa shape index (κ2) is 4.64. The molecule has 6 heteroatoms. The van der Waals surface area contributed by atoms with Crippen LogP contribution < -0.4 is 5.32 Å². The van der Waals surface area contributed by atoms with Gasteiger partial charge in [0, 0.05) is 6.42 Å². The Hall–Kier alpha value is -2.11. The van der Waals surface area contributed by atoms with E-state index in [0.29, 0.717) is 29.8 Å². The topological polar surface area (TPSA) is 81.2 Å². The fraction of sp³-hybridized carbons (Fsp3) is 0.417. The average molecular weight is 247 g/mol. The minimum Gasteiger partial charge on any atom is -0.459 e. The molecule has 0 atom stereocenters. The fourth-order valence-electron chi connectivity index (χ4n) is 1.66. The SMILES string of the molecule is O=C(CC1CC1)NCc1noc(-c2ccco2)n1. The van der Waals surface area contributed by atoms with E-state index < -0.39 is 0 Å². The van der Waals surface area contributed by atoms with Gasteiger partial charge in [-0.1, -0.05) is 5.16 Å². The van der Waals surface area contributed by atoms with Crippen molar-refractivity contribution in [3.8, 4) is 11.7 Å². The van der Waals surface area contributed by atoms with E-state index in [-0.39, 0.29) is 12.5 Å². The van der Waals surface area contributed by atoms with E-state index in [0.717, 1.165) is 12.8 Å². The summed E-state index contributed by atoms with van der Waals surface area (Å²) in [6.07, 6.45) is 4.47. The molecule has 6 nitrogen and oxygen atoms in total. The summed E-state index contributed by atoms with van der Waals surface area (Å²) in [4.78, 5) is 15.6. The van der Waals surface area contributed by atoms with Crippen LogP contribution in [0.2, 0.25) is 0 Å². The Morgan fingerprint density at radius 2 is 2.39 bits per heavy atom. The van der Waals surface area contributed by atoms with E-state index in [1.54, 1.807) is 12.1 Å². The second-order valence-corrected chi connectivity index (χ2v) is 4.42. The van der Waals surface area contributed by atoms with Crippen LogP contribution in [0.3, 0.4) is 0 Å². The summed E-state index contributed by atoms with van der Waals surface area (Å²) in [7, 11) is 0. The molecule has 2 heterocycles. The molecular formula is C12H13N3O3. The average Bonchev–Trinajstić information content (AvgIpc) is 2.87. The van der Waals surface area contributed by atoms with Crippen LogP contribution >= 0.6 is 0 Å².